The Labute approximate surface area is 203 Å². The van der Waals surface area contributed by atoms with E-state index in [0.717, 1.165) is 31.0 Å². The predicted octanol–water partition coefficient (Wildman–Crippen LogP) is 4.18. The van der Waals surface area contributed by atoms with Crippen molar-refractivity contribution in [3.8, 4) is 17.1 Å². The monoisotopic (exact) mass is 481 g/mol. The van der Waals surface area contributed by atoms with Crippen LogP contribution in [0.25, 0.3) is 11.3 Å². The molecule has 1 fully saturated rings. The predicted molar refractivity (Wildman–Crippen MR) is 133 cm³/mol. The van der Waals surface area contributed by atoms with Crippen molar-refractivity contribution in [2.45, 2.75) is 18.5 Å². The van der Waals surface area contributed by atoms with Crippen molar-refractivity contribution in [3.63, 3.8) is 0 Å². The third-order valence-electron chi connectivity index (χ3n) is 5.78. The fourth-order valence-corrected chi connectivity index (χ4v) is 4.50. The Hall–Kier alpha value is -3.50. The largest absolute Gasteiger partial charge is 0.496 e. The standard InChI is InChI=1S/C24H27N5O4S/c1-27(2)13-6-14-28-23(22(26-24(28)34)18-7-4-5-12-25-18)20-11-10-19(33-20)17-9-8-16(29(30)31)15-21(17)32-3/h4-5,7-12,15,22-23H,6,13-14H2,1-3H3,(H,26,34)/t22-,23+/m0/s1. The Morgan fingerprint density at radius 2 is 2.09 bits per heavy atom. The number of rotatable bonds is 9. The number of benzene rings is 1. The minimum Gasteiger partial charge on any atom is -0.496 e. The number of hydrogen-bond donors (Lipinski definition) is 1. The van der Waals surface area contributed by atoms with E-state index in [1.165, 1.54) is 19.2 Å². The number of nitro benzene ring substituents is 1. The van der Waals surface area contributed by atoms with Crippen LogP contribution in [-0.4, -0.2) is 59.1 Å². The molecule has 34 heavy (non-hydrogen) atoms. The molecule has 1 aliphatic rings. The first-order valence-electron chi connectivity index (χ1n) is 10.9. The highest BCUT2D eigenvalue weighted by Gasteiger charge is 2.41. The number of aromatic nitrogens is 1. The first-order chi connectivity index (χ1) is 16.4. The van der Waals surface area contributed by atoms with Crippen LogP contribution in [0, 0.1) is 10.1 Å². The van der Waals surface area contributed by atoms with Gasteiger partial charge in [-0.15, -0.1) is 0 Å². The summed E-state index contributed by atoms with van der Waals surface area (Å²) in [5.74, 6) is 1.66. The molecule has 10 heteroatoms. The fourth-order valence-electron chi connectivity index (χ4n) is 4.17. The topological polar surface area (TPSA) is 96.9 Å². The molecule has 9 nitrogen and oxygen atoms in total. The average Bonchev–Trinajstić information content (AvgIpc) is 3.43. The summed E-state index contributed by atoms with van der Waals surface area (Å²) >= 11 is 5.70. The van der Waals surface area contributed by atoms with E-state index in [2.05, 4.69) is 20.1 Å². The number of nitrogens with one attached hydrogen (secondary N) is 1. The number of thiocarbonyl (C=S) groups is 1. The number of hydrogen-bond acceptors (Lipinski definition) is 7. The summed E-state index contributed by atoms with van der Waals surface area (Å²) in [5.41, 5.74) is 1.47. The van der Waals surface area contributed by atoms with Gasteiger partial charge in [0.15, 0.2) is 5.11 Å². The summed E-state index contributed by atoms with van der Waals surface area (Å²) < 4.78 is 11.7. The molecule has 3 aromatic rings. The zero-order valence-corrected chi connectivity index (χ0v) is 20.1. The second kappa shape index (κ2) is 10.2. The first kappa shape index (κ1) is 23.7. The molecule has 1 aromatic carbocycles. The quantitative estimate of drug-likeness (QED) is 0.274. The molecule has 4 rings (SSSR count). The summed E-state index contributed by atoms with van der Waals surface area (Å²) in [5, 5.41) is 15.2. The number of furan rings is 1. The van der Waals surface area contributed by atoms with E-state index >= 15 is 0 Å². The van der Waals surface area contributed by atoms with Crippen molar-refractivity contribution in [3.05, 3.63) is 76.3 Å². The molecule has 1 saturated heterocycles. The lowest BCUT2D eigenvalue weighted by Crippen LogP contribution is -2.32. The number of nitro groups is 1. The van der Waals surface area contributed by atoms with Gasteiger partial charge in [-0.1, -0.05) is 6.07 Å². The van der Waals surface area contributed by atoms with E-state index in [1.807, 2.05) is 44.4 Å². The van der Waals surface area contributed by atoms with Crippen molar-refractivity contribution in [2.24, 2.45) is 0 Å². The zero-order valence-electron chi connectivity index (χ0n) is 19.3. The van der Waals surface area contributed by atoms with Crippen LogP contribution >= 0.6 is 12.2 Å². The number of ether oxygens (including phenoxy) is 1. The Kier molecular flexibility index (Phi) is 7.09. The molecule has 3 heterocycles. The normalized spacial score (nSPS) is 17.8. The Morgan fingerprint density at radius 3 is 2.76 bits per heavy atom. The molecule has 2 aromatic heterocycles. The number of methoxy groups -OCH3 is 1. The van der Waals surface area contributed by atoms with Crippen LogP contribution in [0.1, 0.15) is 30.0 Å². The maximum Gasteiger partial charge on any atom is 0.273 e. The molecule has 0 unspecified atom stereocenters. The van der Waals surface area contributed by atoms with Gasteiger partial charge in [-0.25, -0.2) is 0 Å². The zero-order chi connectivity index (χ0) is 24.2. The molecule has 0 bridgehead atoms. The van der Waals surface area contributed by atoms with Gasteiger partial charge in [0.1, 0.15) is 23.3 Å². The summed E-state index contributed by atoms with van der Waals surface area (Å²) in [4.78, 5) is 19.5. The molecule has 0 spiro atoms. The smallest absolute Gasteiger partial charge is 0.273 e. The molecule has 0 radical (unpaired) electrons. The van der Waals surface area contributed by atoms with E-state index in [9.17, 15) is 10.1 Å². The van der Waals surface area contributed by atoms with Crippen LogP contribution < -0.4 is 10.1 Å². The third-order valence-corrected chi connectivity index (χ3v) is 6.13. The molecule has 1 aliphatic heterocycles. The summed E-state index contributed by atoms with van der Waals surface area (Å²) in [6.07, 6.45) is 2.70. The number of nitrogens with zero attached hydrogens (tertiary/aromatic N) is 4. The average molecular weight is 482 g/mol. The first-order valence-corrected chi connectivity index (χ1v) is 11.3. The van der Waals surface area contributed by atoms with Gasteiger partial charge in [0.2, 0.25) is 0 Å². The second-order valence-electron chi connectivity index (χ2n) is 8.32. The van der Waals surface area contributed by atoms with E-state index in [1.54, 1.807) is 12.3 Å². The van der Waals surface area contributed by atoms with Crippen LogP contribution in [0.2, 0.25) is 0 Å². The van der Waals surface area contributed by atoms with Crippen LogP contribution in [0.3, 0.4) is 0 Å². The maximum atomic E-state index is 11.2. The van der Waals surface area contributed by atoms with Gasteiger partial charge in [0.05, 0.1) is 35.4 Å². The molecule has 0 saturated carbocycles. The lowest BCUT2D eigenvalue weighted by atomic mass is 10.0. The molecule has 1 N–H and O–H groups in total. The molecule has 0 amide bonds. The van der Waals surface area contributed by atoms with Crippen molar-refractivity contribution in [2.75, 3.05) is 34.3 Å². The van der Waals surface area contributed by atoms with Crippen molar-refractivity contribution in [1.29, 1.82) is 0 Å². The molecular formula is C24H27N5O4S. The second-order valence-corrected chi connectivity index (χ2v) is 8.71. The van der Waals surface area contributed by atoms with Gasteiger partial charge in [0.25, 0.3) is 5.69 Å². The molecule has 0 aliphatic carbocycles. The van der Waals surface area contributed by atoms with Gasteiger partial charge in [0, 0.05) is 18.8 Å². The molecule has 178 valence electrons. The lowest BCUT2D eigenvalue weighted by molar-refractivity contribution is -0.384. The van der Waals surface area contributed by atoms with Crippen LogP contribution in [-0.2, 0) is 0 Å². The number of pyridine rings is 1. The van der Waals surface area contributed by atoms with Crippen LogP contribution in [0.15, 0.2) is 59.1 Å². The molecular weight excluding hydrogens is 454 g/mol. The van der Waals surface area contributed by atoms with Gasteiger partial charge < -0.3 is 24.3 Å². The number of non-ortho nitro benzene ring substituents is 1. The maximum absolute atomic E-state index is 11.2. The van der Waals surface area contributed by atoms with E-state index < -0.39 is 4.92 Å². The minimum absolute atomic E-state index is 0.0417. The van der Waals surface area contributed by atoms with E-state index in [-0.39, 0.29) is 17.8 Å². The fraction of sp³-hybridized carbons (Fsp3) is 0.333. The van der Waals surface area contributed by atoms with Gasteiger partial charge in [-0.2, -0.15) is 0 Å². The Balaban J connectivity index is 1.69. The SMILES string of the molecule is COc1cc([N+](=O)[O-])ccc1-c1ccc([C@@H]2[C@H](c3ccccn3)NC(=S)N2CCCN(C)C)o1. The van der Waals surface area contributed by atoms with E-state index in [4.69, 9.17) is 21.4 Å². The highest BCUT2D eigenvalue weighted by molar-refractivity contribution is 7.80. The van der Waals surface area contributed by atoms with Gasteiger partial charge >= 0.3 is 0 Å². The van der Waals surface area contributed by atoms with Crippen molar-refractivity contribution >= 4 is 23.0 Å². The van der Waals surface area contributed by atoms with E-state index in [0.29, 0.717) is 22.2 Å². The molecule has 2 atom stereocenters. The summed E-state index contributed by atoms with van der Waals surface area (Å²) in [6.45, 7) is 1.69. The highest BCUT2D eigenvalue weighted by Crippen LogP contribution is 2.42. The lowest BCUT2D eigenvalue weighted by Gasteiger charge is -2.26. The highest BCUT2D eigenvalue weighted by atomic mass is 32.1. The Bertz CT molecular complexity index is 1170. The van der Waals surface area contributed by atoms with Gasteiger partial charge in [-0.05, 0) is 69.6 Å². The van der Waals surface area contributed by atoms with Crippen molar-refractivity contribution < 1.29 is 14.1 Å². The van der Waals surface area contributed by atoms with Crippen LogP contribution in [0.4, 0.5) is 5.69 Å². The minimum atomic E-state index is -0.450. The third kappa shape index (κ3) is 4.87. The van der Waals surface area contributed by atoms with Crippen LogP contribution in [0.5, 0.6) is 5.75 Å². The Morgan fingerprint density at radius 1 is 1.26 bits per heavy atom. The summed E-state index contributed by atoms with van der Waals surface area (Å²) in [6, 6.07) is 13.7. The van der Waals surface area contributed by atoms with Crippen molar-refractivity contribution in [1.82, 2.24) is 20.1 Å². The van der Waals surface area contributed by atoms with Gasteiger partial charge in [-0.3, -0.25) is 15.1 Å². The summed E-state index contributed by atoms with van der Waals surface area (Å²) in [7, 11) is 5.57.